The first-order chi connectivity index (χ1) is 5.88. The van der Waals surface area contributed by atoms with Crippen molar-refractivity contribution in [3.05, 3.63) is 0 Å². The Bertz CT molecular complexity index is 183. The van der Waals surface area contributed by atoms with E-state index in [0.717, 1.165) is 18.8 Å². The lowest BCUT2D eigenvalue weighted by molar-refractivity contribution is 0.115. The first-order valence-electron chi connectivity index (χ1n) is 4.36. The number of terminal acetylenes is 1. The number of hydrogen-bond acceptors (Lipinski definition) is 2. The zero-order valence-corrected chi connectivity index (χ0v) is 7.33. The topological polar surface area (TPSA) is 21.6 Å². The van der Waals surface area contributed by atoms with E-state index in [1.54, 1.807) is 0 Å². The van der Waals surface area contributed by atoms with Crippen molar-refractivity contribution in [3.63, 3.8) is 0 Å². The maximum atomic E-state index is 5.36. The summed E-state index contributed by atoms with van der Waals surface area (Å²) in [6.45, 7) is 3.80. The lowest BCUT2D eigenvalue weighted by Crippen LogP contribution is -1.96. The van der Waals surface area contributed by atoms with Crippen LogP contribution in [0, 0.1) is 18.3 Å². The highest BCUT2D eigenvalue weighted by Gasteiger charge is 2.37. The summed E-state index contributed by atoms with van der Waals surface area (Å²) in [7, 11) is 0. The summed E-state index contributed by atoms with van der Waals surface area (Å²) in [5.41, 5.74) is 0. The van der Waals surface area contributed by atoms with Gasteiger partial charge in [-0.2, -0.15) is 0 Å². The highest BCUT2D eigenvalue weighted by Crippen LogP contribution is 2.37. The smallest absolute Gasteiger partial charge is 0.137 e. The monoisotopic (exact) mass is 165 g/mol. The molecule has 0 aliphatic heterocycles. The van der Waals surface area contributed by atoms with Crippen molar-refractivity contribution in [1.82, 2.24) is 0 Å². The van der Waals surface area contributed by atoms with Gasteiger partial charge < -0.3 is 4.74 Å². The molecule has 0 radical (unpaired) electrons. The Labute approximate surface area is 74.0 Å². The largest absolute Gasteiger partial charge is 0.356 e. The van der Waals surface area contributed by atoms with Gasteiger partial charge in [-0.15, -0.1) is 12.3 Å². The van der Waals surface area contributed by atoms with Crippen LogP contribution in [-0.2, 0) is 4.74 Å². The van der Waals surface area contributed by atoms with Gasteiger partial charge in [0, 0.05) is 6.42 Å². The molecule has 2 unspecified atom stereocenters. The van der Waals surface area contributed by atoms with Gasteiger partial charge in [-0.25, -0.2) is 0 Å². The van der Waals surface area contributed by atoms with Crippen LogP contribution in [0.5, 0.6) is 0 Å². The molecule has 1 saturated carbocycles. The highest BCUT2D eigenvalue weighted by molar-refractivity contribution is 5.22. The molecule has 0 aromatic rings. The van der Waals surface area contributed by atoms with E-state index in [1.165, 1.54) is 12.8 Å². The van der Waals surface area contributed by atoms with E-state index in [-0.39, 0.29) is 0 Å². The Morgan fingerprint density at radius 1 is 1.67 bits per heavy atom. The first-order valence-corrected chi connectivity index (χ1v) is 4.36. The molecule has 1 fully saturated rings. The zero-order valence-electron chi connectivity index (χ0n) is 7.33. The van der Waals surface area contributed by atoms with Gasteiger partial charge >= 0.3 is 0 Å². The highest BCUT2D eigenvalue weighted by atomic mass is 16.5. The summed E-state index contributed by atoms with van der Waals surface area (Å²) in [6, 6.07) is 0. The van der Waals surface area contributed by atoms with Crippen LogP contribution in [0.15, 0.2) is 4.99 Å². The number of unbranched alkanes of at least 4 members (excludes halogenated alkanes) is 1. The van der Waals surface area contributed by atoms with E-state index < -0.39 is 0 Å². The summed E-state index contributed by atoms with van der Waals surface area (Å²) in [5.74, 6) is 3.38. The summed E-state index contributed by atoms with van der Waals surface area (Å²) < 4.78 is 5.36. The molecule has 0 spiro atoms. The molecule has 0 amide bonds. The van der Waals surface area contributed by atoms with E-state index in [9.17, 15) is 0 Å². The van der Waals surface area contributed by atoms with Crippen molar-refractivity contribution in [1.29, 1.82) is 0 Å². The van der Waals surface area contributed by atoms with E-state index in [4.69, 9.17) is 11.2 Å². The quantitative estimate of drug-likeness (QED) is 0.334. The van der Waals surface area contributed by atoms with E-state index in [2.05, 4.69) is 17.6 Å². The van der Waals surface area contributed by atoms with Gasteiger partial charge in [0.05, 0.1) is 6.10 Å². The SMILES string of the molecule is C#CCCCC1CC1OCN=C. The molecule has 0 aromatic heterocycles. The molecule has 1 aliphatic rings. The van der Waals surface area contributed by atoms with Crippen molar-refractivity contribution >= 4 is 6.72 Å². The molecule has 0 bridgehead atoms. The predicted octanol–water partition coefficient (Wildman–Crippen LogP) is 1.85. The lowest BCUT2D eigenvalue weighted by Gasteiger charge is -1.97. The molecule has 2 atom stereocenters. The number of ether oxygens (including phenoxy) is 1. The van der Waals surface area contributed by atoms with Crippen molar-refractivity contribution in [2.24, 2.45) is 10.9 Å². The van der Waals surface area contributed by atoms with E-state index in [1.807, 2.05) is 0 Å². The second-order valence-corrected chi connectivity index (χ2v) is 3.15. The minimum Gasteiger partial charge on any atom is -0.356 e. The number of rotatable bonds is 6. The molecular weight excluding hydrogens is 150 g/mol. The average molecular weight is 165 g/mol. The van der Waals surface area contributed by atoms with Crippen LogP contribution in [0.4, 0.5) is 0 Å². The molecule has 1 rings (SSSR count). The van der Waals surface area contributed by atoms with Gasteiger partial charge in [0.1, 0.15) is 6.73 Å². The summed E-state index contributed by atoms with van der Waals surface area (Å²) in [6.07, 6.45) is 9.98. The second kappa shape index (κ2) is 4.95. The fourth-order valence-corrected chi connectivity index (χ4v) is 1.34. The number of nitrogens with zero attached hydrogens (tertiary/aromatic N) is 1. The maximum Gasteiger partial charge on any atom is 0.137 e. The number of hydrogen-bond donors (Lipinski definition) is 0. The van der Waals surface area contributed by atoms with Crippen LogP contribution >= 0.6 is 0 Å². The third-order valence-corrected chi connectivity index (χ3v) is 2.13. The standard InChI is InChI=1S/C10H15NO/c1-3-4-5-6-9-7-10(9)12-8-11-2/h1,9-10H,2,4-8H2. The summed E-state index contributed by atoms with van der Waals surface area (Å²) in [5, 5.41) is 0. The van der Waals surface area contributed by atoms with Crippen molar-refractivity contribution in [2.45, 2.75) is 31.8 Å². The summed E-state index contributed by atoms with van der Waals surface area (Å²) >= 11 is 0. The molecular formula is C10H15NO. The molecule has 2 nitrogen and oxygen atoms in total. The third-order valence-electron chi connectivity index (χ3n) is 2.13. The van der Waals surface area contributed by atoms with Crippen LogP contribution in [0.2, 0.25) is 0 Å². The average Bonchev–Trinajstić information content (AvgIpc) is 2.81. The van der Waals surface area contributed by atoms with Crippen molar-refractivity contribution in [3.8, 4) is 12.3 Å². The minimum atomic E-state index is 0.438. The number of aliphatic imine (C=N–C) groups is 1. The molecule has 12 heavy (non-hydrogen) atoms. The molecule has 0 saturated heterocycles. The van der Waals surface area contributed by atoms with Crippen LogP contribution in [0.1, 0.15) is 25.7 Å². The fourth-order valence-electron chi connectivity index (χ4n) is 1.34. The van der Waals surface area contributed by atoms with Gasteiger partial charge in [0.15, 0.2) is 0 Å². The zero-order chi connectivity index (χ0) is 8.81. The molecule has 66 valence electrons. The fraction of sp³-hybridized carbons (Fsp3) is 0.700. The Balaban J connectivity index is 1.94. The third kappa shape index (κ3) is 3.06. The molecule has 0 N–H and O–H groups in total. The van der Waals surface area contributed by atoms with Crippen LogP contribution in [-0.4, -0.2) is 19.6 Å². The normalized spacial score (nSPS) is 26.2. The van der Waals surface area contributed by atoms with Gasteiger partial charge in [-0.05, 0) is 31.9 Å². The van der Waals surface area contributed by atoms with Gasteiger partial charge in [-0.1, -0.05) is 0 Å². The van der Waals surface area contributed by atoms with Gasteiger partial charge in [-0.3, -0.25) is 4.99 Å². The van der Waals surface area contributed by atoms with E-state index >= 15 is 0 Å². The molecule has 0 heterocycles. The first kappa shape index (κ1) is 9.28. The summed E-state index contributed by atoms with van der Waals surface area (Å²) in [4.78, 5) is 3.64. The lowest BCUT2D eigenvalue weighted by atomic mass is 10.2. The molecule has 0 aromatic carbocycles. The molecule has 2 heteroatoms. The second-order valence-electron chi connectivity index (χ2n) is 3.15. The van der Waals surface area contributed by atoms with Crippen LogP contribution in [0.25, 0.3) is 0 Å². The maximum absolute atomic E-state index is 5.36. The minimum absolute atomic E-state index is 0.438. The van der Waals surface area contributed by atoms with Crippen LogP contribution in [0.3, 0.4) is 0 Å². The Hall–Kier alpha value is -0.810. The van der Waals surface area contributed by atoms with Gasteiger partial charge in [0.2, 0.25) is 0 Å². The Morgan fingerprint density at radius 3 is 3.17 bits per heavy atom. The van der Waals surface area contributed by atoms with Crippen LogP contribution < -0.4 is 0 Å². The van der Waals surface area contributed by atoms with E-state index in [0.29, 0.717) is 12.8 Å². The van der Waals surface area contributed by atoms with Crippen molar-refractivity contribution in [2.75, 3.05) is 6.73 Å². The van der Waals surface area contributed by atoms with Gasteiger partial charge in [0.25, 0.3) is 0 Å². The Kier molecular flexibility index (Phi) is 3.83. The molecule has 1 aliphatic carbocycles. The Morgan fingerprint density at radius 2 is 2.50 bits per heavy atom. The van der Waals surface area contributed by atoms with Crippen molar-refractivity contribution < 1.29 is 4.74 Å². The predicted molar refractivity (Wildman–Crippen MR) is 50.1 cm³/mol.